The molecule has 0 spiro atoms. The van der Waals surface area contributed by atoms with Crippen molar-refractivity contribution in [3.8, 4) is 0 Å². The summed E-state index contributed by atoms with van der Waals surface area (Å²) < 4.78 is 34.1. The van der Waals surface area contributed by atoms with Crippen molar-refractivity contribution in [2.75, 3.05) is 47.5 Å². The number of phosphoric ester groups is 1. The fourth-order valence-corrected chi connectivity index (χ4v) is 8.99. The van der Waals surface area contributed by atoms with Crippen LogP contribution in [0.4, 0.5) is 0 Å². The van der Waals surface area contributed by atoms with Crippen molar-refractivity contribution in [2.45, 2.75) is 277 Å². The van der Waals surface area contributed by atoms with Gasteiger partial charge in [-0.1, -0.05) is 249 Å². The number of ether oxygens (including phenoxy) is 2. The second kappa shape index (κ2) is 50.2. The number of likely N-dealkylation sites (N-methyl/N-ethyl adjacent to an activating group) is 1. The number of phosphoric acid groups is 1. The number of allylic oxidation sites excluding steroid dienone is 6. The van der Waals surface area contributed by atoms with Gasteiger partial charge in [0.05, 0.1) is 27.7 Å². The maximum atomic E-state index is 12.7. The third kappa shape index (κ3) is 53.6. The zero-order chi connectivity index (χ0) is 49.9. The standard InChI is InChI=1S/C58H110NO8P/c1-6-8-10-12-14-16-18-20-22-23-24-25-26-27-28-29-30-31-32-33-34-35-37-38-40-42-44-46-48-50-57(60)64-54-56(55-66-68(62,63)65-53-52-59(3,4)5)67-58(61)51-49-47-45-43-41-39-36-21-19-17-15-13-11-9-7-2/h9,11,15,17,21,36,56H,6-8,10,12-14,16,18-20,22-35,37-55H2,1-5H3/b11-9-,17-15-,36-21-. The van der Waals surface area contributed by atoms with Crippen LogP contribution in [0.25, 0.3) is 0 Å². The topological polar surface area (TPSA) is 111 Å². The van der Waals surface area contributed by atoms with E-state index in [9.17, 15) is 19.0 Å². The van der Waals surface area contributed by atoms with Crippen molar-refractivity contribution in [2.24, 2.45) is 0 Å². The monoisotopic (exact) mass is 980 g/mol. The molecular formula is C58H110NO8P. The number of carbonyl (C=O) groups is 2. The number of quaternary nitrogens is 1. The molecule has 0 heterocycles. The molecule has 2 atom stereocenters. The summed E-state index contributed by atoms with van der Waals surface area (Å²) in [6, 6.07) is 0. The molecule has 0 fully saturated rings. The van der Waals surface area contributed by atoms with E-state index < -0.39 is 26.5 Å². The lowest BCUT2D eigenvalue weighted by Crippen LogP contribution is -2.37. The average molecular weight is 980 g/mol. The van der Waals surface area contributed by atoms with E-state index in [0.717, 1.165) is 70.6 Å². The van der Waals surface area contributed by atoms with Crippen LogP contribution in [0.1, 0.15) is 271 Å². The molecule has 0 bridgehead atoms. The fraction of sp³-hybridized carbons (Fsp3) is 0.862. The molecule has 0 aliphatic heterocycles. The Labute approximate surface area is 421 Å². The molecule has 0 N–H and O–H groups in total. The molecule has 68 heavy (non-hydrogen) atoms. The number of esters is 2. The van der Waals surface area contributed by atoms with Crippen LogP contribution in [0, 0.1) is 0 Å². The Hall–Kier alpha value is -1.77. The number of rotatable bonds is 53. The molecule has 0 aromatic carbocycles. The van der Waals surface area contributed by atoms with E-state index >= 15 is 0 Å². The molecule has 0 aliphatic rings. The normalized spacial score (nSPS) is 13.6. The minimum absolute atomic E-state index is 0.0335. The summed E-state index contributed by atoms with van der Waals surface area (Å²) in [5.74, 6) is -0.842. The molecule has 0 radical (unpaired) electrons. The summed E-state index contributed by atoms with van der Waals surface area (Å²) in [7, 11) is 1.16. The molecule has 0 aromatic heterocycles. The van der Waals surface area contributed by atoms with Gasteiger partial charge in [-0.15, -0.1) is 0 Å². The highest BCUT2D eigenvalue weighted by Gasteiger charge is 2.22. The third-order valence-electron chi connectivity index (χ3n) is 12.7. The zero-order valence-electron chi connectivity index (χ0n) is 45.3. The van der Waals surface area contributed by atoms with Crippen LogP contribution >= 0.6 is 7.82 Å². The molecule has 10 heteroatoms. The van der Waals surface area contributed by atoms with Gasteiger partial charge in [0.25, 0.3) is 7.82 Å². The summed E-state index contributed by atoms with van der Waals surface area (Å²) >= 11 is 0. The molecular weight excluding hydrogens is 870 g/mol. The van der Waals surface area contributed by atoms with Crippen LogP contribution < -0.4 is 4.89 Å². The SMILES string of the molecule is CC/C=C\C/C=C\C/C=C\CCCCCCCC(=O)OC(COC(=O)CCCCCCCCCCCCCCCCCCCCCCCCCCCCCCC)COP(=O)([O-])OCC[N+](C)(C)C. The second-order valence-electron chi connectivity index (χ2n) is 20.6. The first kappa shape index (κ1) is 66.2. The van der Waals surface area contributed by atoms with Crippen LogP contribution in [-0.2, 0) is 32.7 Å². The summed E-state index contributed by atoms with van der Waals surface area (Å²) in [4.78, 5) is 37.8. The maximum Gasteiger partial charge on any atom is 0.306 e. The van der Waals surface area contributed by atoms with Crippen molar-refractivity contribution in [3.05, 3.63) is 36.5 Å². The summed E-state index contributed by atoms with van der Waals surface area (Å²) in [5.41, 5.74) is 0. The van der Waals surface area contributed by atoms with Gasteiger partial charge >= 0.3 is 11.9 Å². The molecule has 2 unspecified atom stereocenters. The predicted molar refractivity (Wildman–Crippen MR) is 287 cm³/mol. The van der Waals surface area contributed by atoms with Gasteiger partial charge in [-0.2, -0.15) is 0 Å². The Kier molecular flexibility index (Phi) is 48.9. The van der Waals surface area contributed by atoms with E-state index in [1.165, 1.54) is 167 Å². The molecule has 0 aliphatic carbocycles. The molecule has 0 saturated heterocycles. The largest absolute Gasteiger partial charge is 0.756 e. The zero-order valence-corrected chi connectivity index (χ0v) is 46.2. The molecule has 0 saturated carbocycles. The third-order valence-corrected chi connectivity index (χ3v) is 13.6. The molecule has 9 nitrogen and oxygen atoms in total. The highest BCUT2D eigenvalue weighted by molar-refractivity contribution is 7.45. The smallest absolute Gasteiger partial charge is 0.306 e. The Bertz CT molecular complexity index is 1250. The van der Waals surface area contributed by atoms with E-state index in [0.29, 0.717) is 17.4 Å². The number of nitrogens with zero attached hydrogens (tertiary/aromatic N) is 1. The average Bonchev–Trinajstić information content (AvgIpc) is 3.30. The fourth-order valence-electron chi connectivity index (χ4n) is 8.26. The van der Waals surface area contributed by atoms with E-state index in [1.54, 1.807) is 0 Å². The van der Waals surface area contributed by atoms with Crippen LogP contribution in [0.15, 0.2) is 36.5 Å². The number of hydrogen-bond acceptors (Lipinski definition) is 8. The van der Waals surface area contributed by atoms with Crippen LogP contribution in [0.2, 0.25) is 0 Å². The highest BCUT2D eigenvalue weighted by Crippen LogP contribution is 2.38. The maximum absolute atomic E-state index is 12.7. The quantitative estimate of drug-likeness (QED) is 0.0195. The van der Waals surface area contributed by atoms with Gasteiger partial charge in [-0.05, 0) is 44.9 Å². The van der Waals surface area contributed by atoms with Gasteiger partial charge in [0.2, 0.25) is 0 Å². The predicted octanol–water partition coefficient (Wildman–Crippen LogP) is 17.0. The first-order chi connectivity index (χ1) is 33.0. The summed E-state index contributed by atoms with van der Waals surface area (Å²) in [6.07, 6.45) is 60.7. The minimum Gasteiger partial charge on any atom is -0.756 e. The minimum atomic E-state index is -4.64. The van der Waals surface area contributed by atoms with Crippen LogP contribution in [-0.4, -0.2) is 70.0 Å². The lowest BCUT2D eigenvalue weighted by atomic mass is 10.0. The molecule has 0 amide bonds. The second-order valence-corrected chi connectivity index (χ2v) is 22.0. The first-order valence-electron chi connectivity index (χ1n) is 28.7. The van der Waals surface area contributed by atoms with E-state index in [4.69, 9.17) is 18.5 Å². The van der Waals surface area contributed by atoms with Gasteiger partial charge in [-0.3, -0.25) is 14.2 Å². The summed E-state index contributed by atoms with van der Waals surface area (Å²) in [6.45, 7) is 4.14. The van der Waals surface area contributed by atoms with Crippen molar-refractivity contribution in [1.29, 1.82) is 0 Å². The number of hydrogen-bond donors (Lipinski definition) is 0. The van der Waals surface area contributed by atoms with Crippen LogP contribution in [0.3, 0.4) is 0 Å². The molecule has 0 aromatic rings. The van der Waals surface area contributed by atoms with Gasteiger partial charge in [0.15, 0.2) is 6.10 Å². The Morgan fingerprint density at radius 1 is 0.471 bits per heavy atom. The first-order valence-corrected chi connectivity index (χ1v) is 30.2. The van der Waals surface area contributed by atoms with Gasteiger partial charge in [-0.25, -0.2) is 0 Å². The van der Waals surface area contributed by atoms with Crippen molar-refractivity contribution in [3.63, 3.8) is 0 Å². The van der Waals surface area contributed by atoms with E-state index in [-0.39, 0.29) is 32.0 Å². The highest BCUT2D eigenvalue weighted by atomic mass is 31.2. The Morgan fingerprint density at radius 2 is 0.838 bits per heavy atom. The van der Waals surface area contributed by atoms with Crippen LogP contribution in [0.5, 0.6) is 0 Å². The lowest BCUT2D eigenvalue weighted by Gasteiger charge is -2.28. The van der Waals surface area contributed by atoms with E-state index in [2.05, 4.69) is 50.3 Å². The number of carbonyl (C=O) groups excluding carboxylic acids is 2. The number of unbranched alkanes of at least 4 members (excludes halogenated alkanes) is 33. The Balaban J connectivity index is 4.04. The molecule has 400 valence electrons. The lowest BCUT2D eigenvalue weighted by molar-refractivity contribution is -0.870. The van der Waals surface area contributed by atoms with Crippen molar-refractivity contribution < 1.29 is 42.1 Å². The van der Waals surface area contributed by atoms with Crippen molar-refractivity contribution >= 4 is 19.8 Å². The Morgan fingerprint density at radius 3 is 1.25 bits per heavy atom. The van der Waals surface area contributed by atoms with E-state index in [1.807, 2.05) is 21.1 Å². The molecule has 0 rings (SSSR count). The van der Waals surface area contributed by atoms with Gasteiger partial charge < -0.3 is 27.9 Å². The van der Waals surface area contributed by atoms with Gasteiger partial charge in [0, 0.05) is 12.8 Å². The van der Waals surface area contributed by atoms with Gasteiger partial charge in [0.1, 0.15) is 19.8 Å². The summed E-state index contributed by atoms with van der Waals surface area (Å²) in [5, 5.41) is 0. The van der Waals surface area contributed by atoms with Crippen molar-refractivity contribution in [1.82, 2.24) is 0 Å².